The van der Waals surface area contributed by atoms with Crippen molar-refractivity contribution in [2.75, 3.05) is 0 Å². The zero-order chi connectivity index (χ0) is 18.0. The molecule has 1 aromatic heterocycles. The quantitative estimate of drug-likeness (QED) is 0.418. The van der Waals surface area contributed by atoms with Crippen molar-refractivity contribution in [2.24, 2.45) is 0 Å². The van der Waals surface area contributed by atoms with Crippen molar-refractivity contribution in [2.45, 2.75) is 0 Å². The number of hydrogen-bond acceptors (Lipinski definition) is 5. The van der Waals surface area contributed by atoms with Crippen LogP contribution in [0.25, 0.3) is 33.4 Å². The summed E-state index contributed by atoms with van der Waals surface area (Å²) in [6.07, 6.45) is 0. The van der Waals surface area contributed by atoms with Crippen molar-refractivity contribution < 1.29 is 24.5 Å². The Morgan fingerprint density at radius 3 is 2.31 bits per heavy atom. The normalized spacial score (nSPS) is 12.4. The van der Waals surface area contributed by atoms with E-state index in [2.05, 4.69) is 0 Å². The van der Waals surface area contributed by atoms with Gasteiger partial charge in [-0.15, -0.1) is 0 Å². The monoisotopic (exact) mass is 344 g/mol. The second-order valence-corrected chi connectivity index (χ2v) is 6.25. The molecule has 5 rings (SSSR count). The lowest BCUT2D eigenvalue weighted by atomic mass is 9.83. The van der Waals surface area contributed by atoms with Crippen LogP contribution in [-0.4, -0.2) is 21.1 Å². The van der Waals surface area contributed by atoms with E-state index in [0.29, 0.717) is 33.4 Å². The van der Waals surface area contributed by atoms with Crippen LogP contribution in [0.4, 0.5) is 0 Å². The lowest BCUT2D eigenvalue weighted by Crippen LogP contribution is -2.09. The molecular weight excluding hydrogens is 332 g/mol. The molecule has 5 heteroatoms. The molecule has 5 nitrogen and oxygen atoms in total. The molecule has 0 atom stereocenters. The van der Waals surface area contributed by atoms with E-state index in [0.717, 1.165) is 0 Å². The van der Waals surface area contributed by atoms with Crippen LogP contribution in [0.5, 0.6) is 17.2 Å². The zero-order valence-electron chi connectivity index (χ0n) is 13.4. The highest BCUT2D eigenvalue weighted by atomic mass is 16.3. The Balaban J connectivity index is 1.96. The van der Waals surface area contributed by atoms with Crippen LogP contribution < -0.4 is 0 Å². The summed E-state index contributed by atoms with van der Waals surface area (Å²) in [5.74, 6) is 0.0746. The Morgan fingerprint density at radius 1 is 0.769 bits per heavy atom. The number of aromatic hydroxyl groups is 3. The first-order chi connectivity index (χ1) is 12.5. The standard InChI is InChI=1S/C21H12O5/c22-11-6-4-10(5-7-11)21-19-13-2-1-3-15(24)17(13)20(25)14-8-12(23)9-16(26-21)18(14)19/h1-9,22-24H. The Morgan fingerprint density at radius 2 is 1.54 bits per heavy atom. The largest absolute Gasteiger partial charge is 0.508 e. The number of hydrogen-bond donors (Lipinski definition) is 3. The molecule has 0 spiro atoms. The molecule has 3 N–H and O–H groups in total. The first-order valence-electron chi connectivity index (χ1n) is 8.00. The number of ketones is 1. The molecule has 1 aliphatic rings. The van der Waals surface area contributed by atoms with Gasteiger partial charge in [0.05, 0.1) is 5.56 Å². The van der Waals surface area contributed by atoms with Crippen molar-refractivity contribution in [1.82, 2.24) is 0 Å². The molecule has 0 radical (unpaired) electrons. The van der Waals surface area contributed by atoms with Crippen LogP contribution >= 0.6 is 0 Å². The minimum Gasteiger partial charge on any atom is -0.508 e. The summed E-state index contributed by atoms with van der Waals surface area (Å²) in [6, 6.07) is 14.3. The van der Waals surface area contributed by atoms with Gasteiger partial charge in [-0.3, -0.25) is 4.79 Å². The molecule has 0 bridgehead atoms. The van der Waals surface area contributed by atoms with Gasteiger partial charge < -0.3 is 19.7 Å². The summed E-state index contributed by atoms with van der Waals surface area (Å²) in [7, 11) is 0. The van der Waals surface area contributed by atoms with Gasteiger partial charge in [0, 0.05) is 33.7 Å². The van der Waals surface area contributed by atoms with Gasteiger partial charge in [0.2, 0.25) is 0 Å². The highest BCUT2D eigenvalue weighted by Crippen LogP contribution is 2.49. The van der Waals surface area contributed by atoms with E-state index < -0.39 is 0 Å². The summed E-state index contributed by atoms with van der Waals surface area (Å²) < 4.78 is 5.99. The molecule has 1 aliphatic carbocycles. The van der Waals surface area contributed by atoms with E-state index in [4.69, 9.17) is 4.42 Å². The Hall–Kier alpha value is -3.73. The Labute approximate surface area is 147 Å². The van der Waals surface area contributed by atoms with E-state index in [1.54, 1.807) is 36.4 Å². The molecule has 0 unspecified atom stereocenters. The number of phenolic OH excluding ortho intramolecular Hbond substituents is 3. The van der Waals surface area contributed by atoms with Gasteiger partial charge in [0.1, 0.15) is 28.6 Å². The summed E-state index contributed by atoms with van der Waals surface area (Å²) in [4.78, 5) is 12.9. The van der Waals surface area contributed by atoms with Crippen LogP contribution in [0.15, 0.2) is 59.0 Å². The number of furan rings is 1. The topological polar surface area (TPSA) is 90.9 Å². The van der Waals surface area contributed by atoms with Gasteiger partial charge in [-0.25, -0.2) is 0 Å². The number of carbonyl (C=O) groups excluding carboxylic acids is 1. The molecule has 126 valence electrons. The van der Waals surface area contributed by atoms with Crippen molar-refractivity contribution in [3.05, 3.63) is 65.7 Å². The summed E-state index contributed by atoms with van der Waals surface area (Å²) in [5, 5.41) is 30.4. The van der Waals surface area contributed by atoms with Gasteiger partial charge in [0.25, 0.3) is 0 Å². The molecule has 0 fully saturated rings. The number of phenols is 3. The highest BCUT2D eigenvalue weighted by molar-refractivity contribution is 6.28. The number of rotatable bonds is 1. The van der Waals surface area contributed by atoms with Gasteiger partial charge in [0.15, 0.2) is 5.78 Å². The molecule has 26 heavy (non-hydrogen) atoms. The minimum atomic E-state index is -0.357. The number of carbonyl (C=O) groups is 1. The van der Waals surface area contributed by atoms with Crippen LogP contribution in [-0.2, 0) is 0 Å². The second-order valence-electron chi connectivity index (χ2n) is 6.25. The first kappa shape index (κ1) is 14.6. The number of benzene rings is 3. The molecular formula is C21H12O5. The van der Waals surface area contributed by atoms with Gasteiger partial charge in [-0.1, -0.05) is 12.1 Å². The van der Waals surface area contributed by atoms with Gasteiger partial charge in [-0.2, -0.15) is 0 Å². The third-order valence-electron chi connectivity index (χ3n) is 4.69. The first-order valence-corrected chi connectivity index (χ1v) is 8.00. The number of fused-ring (bicyclic) bond motifs is 2. The van der Waals surface area contributed by atoms with Crippen LogP contribution in [0.3, 0.4) is 0 Å². The van der Waals surface area contributed by atoms with Crippen molar-refractivity contribution in [3.63, 3.8) is 0 Å². The predicted molar refractivity (Wildman–Crippen MR) is 95.5 cm³/mol. The smallest absolute Gasteiger partial charge is 0.198 e. The highest BCUT2D eigenvalue weighted by Gasteiger charge is 2.33. The van der Waals surface area contributed by atoms with Crippen molar-refractivity contribution in [3.8, 4) is 39.7 Å². The van der Waals surface area contributed by atoms with Gasteiger partial charge in [-0.05, 0) is 36.4 Å². The maximum Gasteiger partial charge on any atom is 0.198 e. The average Bonchev–Trinajstić information content (AvgIpc) is 2.99. The van der Waals surface area contributed by atoms with Crippen LogP contribution in [0.1, 0.15) is 15.9 Å². The maximum atomic E-state index is 12.9. The van der Waals surface area contributed by atoms with Gasteiger partial charge >= 0.3 is 0 Å². The third kappa shape index (κ3) is 1.82. The molecule has 1 heterocycles. The van der Waals surface area contributed by atoms with E-state index in [1.165, 1.54) is 18.2 Å². The third-order valence-corrected chi connectivity index (χ3v) is 4.69. The molecule has 0 amide bonds. The summed E-state index contributed by atoms with van der Waals surface area (Å²) in [5.41, 5.74) is 2.84. The van der Waals surface area contributed by atoms with E-state index in [9.17, 15) is 20.1 Å². The average molecular weight is 344 g/mol. The fraction of sp³-hybridized carbons (Fsp3) is 0. The molecule has 0 aliphatic heterocycles. The second kappa shape index (κ2) is 4.89. The zero-order valence-corrected chi connectivity index (χ0v) is 13.4. The minimum absolute atomic E-state index is 0.0859. The molecule has 3 aromatic carbocycles. The fourth-order valence-corrected chi connectivity index (χ4v) is 3.59. The maximum absolute atomic E-state index is 12.9. The van der Waals surface area contributed by atoms with E-state index in [1.807, 2.05) is 0 Å². The molecule has 0 saturated carbocycles. The molecule has 4 aromatic rings. The Bertz CT molecular complexity index is 1220. The Kier molecular flexibility index (Phi) is 2.75. The summed E-state index contributed by atoms with van der Waals surface area (Å²) in [6.45, 7) is 0. The molecule has 0 saturated heterocycles. The van der Waals surface area contributed by atoms with E-state index in [-0.39, 0.29) is 34.2 Å². The van der Waals surface area contributed by atoms with Crippen LogP contribution in [0, 0.1) is 0 Å². The van der Waals surface area contributed by atoms with Crippen molar-refractivity contribution in [1.29, 1.82) is 0 Å². The predicted octanol–water partition coefficient (Wildman–Crippen LogP) is 4.43. The fourth-order valence-electron chi connectivity index (χ4n) is 3.59. The van der Waals surface area contributed by atoms with Crippen LogP contribution in [0.2, 0.25) is 0 Å². The summed E-state index contributed by atoms with van der Waals surface area (Å²) >= 11 is 0. The lowest BCUT2D eigenvalue weighted by Gasteiger charge is -2.17. The lowest BCUT2D eigenvalue weighted by molar-refractivity contribution is 0.103. The van der Waals surface area contributed by atoms with E-state index >= 15 is 0 Å². The van der Waals surface area contributed by atoms with Crippen molar-refractivity contribution >= 4 is 16.8 Å². The SMILES string of the molecule is O=C1c2c(O)cccc2-c2c(-c3ccc(O)cc3)oc3cc(O)cc1c23.